The second-order valence-electron chi connectivity index (χ2n) is 5.38. The first-order valence-corrected chi connectivity index (χ1v) is 7.79. The minimum atomic E-state index is 0.545. The number of nitriles is 1. The van der Waals surface area contributed by atoms with Gasteiger partial charge in [-0.1, -0.05) is 72.8 Å². The molecule has 2 nitrogen and oxygen atoms in total. The summed E-state index contributed by atoms with van der Waals surface area (Å²) in [5.74, 6) is 0.814. The van der Waals surface area contributed by atoms with Gasteiger partial charge >= 0.3 is 0 Å². The molecule has 0 aliphatic heterocycles. The van der Waals surface area contributed by atoms with Crippen molar-refractivity contribution in [3.8, 4) is 11.8 Å². The van der Waals surface area contributed by atoms with E-state index < -0.39 is 0 Å². The first-order chi connectivity index (χ1) is 11.8. The zero-order valence-corrected chi connectivity index (χ0v) is 13.2. The lowest BCUT2D eigenvalue weighted by atomic mass is 10.0. The molecule has 0 fully saturated rings. The van der Waals surface area contributed by atoms with Gasteiger partial charge in [0.25, 0.3) is 0 Å². The Morgan fingerprint density at radius 1 is 0.833 bits per heavy atom. The van der Waals surface area contributed by atoms with E-state index in [0.717, 1.165) is 22.4 Å². The van der Waals surface area contributed by atoms with Crippen LogP contribution in [0, 0.1) is 11.3 Å². The Balaban J connectivity index is 1.70. The topological polar surface area (TPSA) is 33.0 Å². The molecule has 0 heterocycles. The van der Waals surface area contributed by atoms with Gasteiger partial charge in [-0.25, -0.2) is 0 Å². The molecule has 0 saturated carbocycles. The van der Waals surface area contributed by atoms with Gasteiger partial charge in [0.2, 0.25) is 0 Å². The summed E-state index contributed by atoms with van der Waals surface area (Å²) in [5.41, 5.74) is 3.68. The first kappa shape index (κ1) is 15.6. The minimum absolute atomic E-state index is 0.545. The van der Waals surface area contributed by atoms with E-state index >= 15 is 0 Å². The molecular weight excluding hydrogens is 294 g/mol. The number of rotatable bonds is 5. The van der Waals surface area contributed by atoms with Crippen LogP contribution in [0.15, 0.2) is 84.9 Å². The molecule has 0 aliphatic rings. The summed E-state index contributed by atoms with van der Waals surface area (Å²) in [6, 6.07) is 29.8. The van der Waals surface area contributed by atoms with Crippen molar-refractivity contribution in [1.82, 2.24) is 0 Å². The molecule has 0 amide bonds. The summed E-state index contributed by atoms with van der Waals surface area (Å²) in [6.07, 6.45) is 1.89. The Labute approximate surface area is 142 Å². The maximum atomic E-state index is 9.36. The minimum Gasteiger partial charge on any atom is -0.489 e. The monoisotopic (exact) mass is 311 g/mol. The Kier molecular flexibility index (Phi) is 5.07. The predicted molar refractivity (Wildman–Crippen MR) is 97.1 cm³/mol. The SMILES string of the molecule is N#C/C(=C\c1ccc(OCc2ccccc2)cc1)c1ccccc1. The van der Waals surface area contributed by atoms with Gasteiger partial charge in [0, 0.05) is 0 Å². The van der Waals surface area contributed by atoms with Crippen molar-refractivity contribution >= 4 is 11.6 Å². The highest BCUT2D eigenvalue weighted by Crippen LogP contribution is 2.20. The second-order valence-corrected chi connectivity index (χ2v) is 5.38. The Morgan fingerprint density at radius 3 is 2.08 bits per heavy atom. The van der Waals surface area contributed by atoms with Crippen molar-refractivity contribution in [3.63, 3.8) is 0 Å². The van der Waals surface area contributed by atoms with Crippen LogP contribution in [-0.2, 0) is 6.61 Å². The second kappa shape index (κ2) is 7.80. The molecule has 0 radical (unpaired) electrons. The van der Waals surface area contributed by atoms with Crippen LogP contribution in [-0.4, -0.2) is 0 Å². The van der Waals surface area contributed by atoms with E-state index in [1.54, 1.807) is 0 Å². The third-order valence-electron chi connectivity index (χ3n) is 3.64. The van der Waals surface area contributed by atoms with E-state index in [9.17, 15) is 5.26 Å². The van der Waals surface area contributed by atoms with Crippen molar-refractivity contribution in [2.75, 3.05) is 0 Å². The van der Waals surface area contributed by atoms with Crippen LogP contribution in [0.5, 0.6) is 5.75 Å². The quantitative estimate of drug-likeness (QED) is 0.471. The maximum absolute atomic E-state index is 9.36. The van der Waals surface area contributed by atoms with Gasteiger partial charge in [0.1, 0.15) is 12.4 Å². The molecule has 0 bridgehead atoms. The van der Waals surface area contributed by atoms with Crippen LogP contribution >= 0.6 is 0 Å². The normalized spacial score (nSPS) is 10.9. The lowest BCUT2D eigenvalue weighted by molar-refractivity contribution is 0.306. The molecule has 3 aromatic carbocycles. The van der Waals surface area contributed by atoms with E-state index in [4.69, 9.17) is 4.74 Å². The van der Waals surface area contributed by atoms with Crippen LogP contribution < -0.4 is 4.74 Å². The lowest BCUT2D eigenvalue weighted by Crippen LogP contribution is -1.94. The van der Waals surface area contributed by atoms with Crippen molar-refractivity contribution in [1.29, 1.82) is 5.26 Å². The molecule has 0 N–H and O–H groups in total. The van der Waals surface area contributed by atoms with Gasteiger partial charge in [-0.05, 0) is 34.9 Å². The summed E-state index contributed by atoms with van der Waals surface area (Å²) in [4.78, 5) is 0. The zero-order chi connectivity index (χ0) is 16.6. The molecule has 0 spiro atoms. The first-order valence-electron chi connectivity index (χ1n) is 7.79. The van der Waals surface area contributed by atoms with Crippen molar-refractivity contribution in [2.24, 2.45) is 0 Å². The summed E-state index contributed by atoms with van der Waals surface area (Å²) in [7, 11) is 0. The Morgan fingerprint density at radius 2 is 1.46 bits per heavy atom. The molecule has 0 aromatic heterocycles. The Hall–Kier alpha value is -3.31. The van der Waals surface area contributed by atoms with Crippen molar-refractivity contribution in [2.45, 2.75) is 6.61 Å². The summed E-state index contributed by atoms with van der Waals surface area (Å²) in [6.45, 7) is 0.545. The standard InChI is InChI=1S/C22H17NO/c23-16-21(20-9-5-2-6-10-20)15-18-11-13-22(14-12-18)24-17-19-7-3-1-4-8-19/h1-15H,17H2/b21-15+. The molecule has 2 heteroatoms. The van der Waals surface area contributed by atoms with Crippen LogP contribution in [0.3, 0.4) is 0 Å². The van der Waals surface area contributed by atoms with Gasteiger partial charge in [-0.3, -0.25) is 0 Å². The summed E-state index contributed by atoms with van der Waals surface area (Å²) < 4.78 is 5.78. The molecule has 0 unspecified atom stereocenters. The largest absolute Gasteiger partial charge is 0.489 e. The van der Waals surface area contributed by atoms with E-state index in [-0.39, 0.29) is 0 Å². The highest BCUT2D eigenvalue weighted by molar-refractivity contribution is 5.89. The number of hydrogen-bond acceptors (Lipinski definition) is 2. The van der Waals surface area contributed by atoms with E-state index in [1.165, 1.54) is 0 Å². The van der Waals surface area contributed by atoms with Crippen molar-refractivity contribution < 1.29 is 4.74 Å². The van der Waals surface area contributed by atoms with Crippen molar-refractivity contribution in [3.05, 3.63) is 102 Å². The number of nitrogens with zero attached hydrogens (tertiary/aromatic N) is 1. The Bertz CT molecular complexity index is 844. The molecule has 24 heavy (non-hydrogen) atoms. The third kappa shape index (κ3) is 4.12. The number of allylic oxidation sites excluding steroid dienone is 1. The molecule has 0 saturated heterocycles. The van der Waals surface area contributed by atoms with Crippen LogP contribution in [0.2, 0.25) is 0 Å². The average Bonchev–Trinajstić information content (AvgIpc) is 2.67. The highest BCUT2D eigenvalue weighted by Gasteiger charge is 2.01. The molecule has 3 aromatic rings. The molecule has 0 aliphatic carbocycles. The van der Waals surface area contributed by atoms with Crippen LogP contribution in [0.25, 0.3) is 11.6 Å². The van der Waals surface area contributed by atoms with E-state index in [2.05, 4.69) is 6.07 Å². The molecule has 0 atom stereocenters. The molecule has 3 rings (SSSR count). The predicted octanol–water partition coefficient (Wildman–Crippen LogP) is 5.33. The fraction of sp³-hybridized carbons (Fsp3) is 0.0455. The number of hydrogen-bond donors (Lipinski definition) is 0. The van der Waals surface area contributed by atoms with E-state index in [1.807, 2.05) is 91.0 Å². The van der Waals surface area contributed by atoms with Gasteiger partial charge in [0.15, 0.2) is 0 Å². The number of ether oxygens (including phenoxy) is 1. The average molecular weight is 311 g/mol. The highest BCUT2D eigenvalue weighted by atomic mass is 16.5. The fourth-order valence-corrected chi connectivity index (χ4v) is 2.37. The van der Waals surface area contributed by atoms with Gasteiger partial charge in [0.05, 0.1) is 11.6 Å². The van der Waals surface area contributed by atoms with Gasteiger partial charge < -0.3 is 4.74 Å². The third-order valence-corrected chi connectivity index (χ3v) is 3.64. The van der Waals surface area contributed by atoms with Gasteiger partial charge in [-0.15, -0.1) is 0 Å². The van der Waals surface area contributed by atoms with Crippen LogP contribution in [0.4, 0.5) is 0 Å². The zero-order valence-electron chi connectivity index (χ0n) is 13.2. The van der Waals surface area contributed by atoms with Crippen LogP contribution in [0.1, 0.15) is 16.7 Å². The molecular formula is C22H17NO. The van der Waals surface area contributed by atoms with Gasteiger partial charge in [-0.2, -0.15) is 5.26 Å². The number of benzene rings is 3. The van der Waals surface area contributed by atoms with E-state index in [0.29, 0.717) is 12.2 Å². The fourth-order valence-electron chi connectivity index (χ4n) is 2.37. The molecule has 116 valence electrons. The maximum Gasteiger partial charge on any atom is 0.119 e. The smallest absolute Gasteiger partial charge is 0.119 e. The summed E-state index contributed by atoms with van der Waals surface area (Å²) in [5, 5.41) is 9.36. The summed E-state index contributed by atoms with van der Waals surface area (Å²) >= 11 is 0. The lowest BCUT2D eigenvalue weighted by Gasteiger charge is -2.06.